The number of ether oxygens (including phenoxy) is 2. The summed E-state index contributed by atoms with van der Waals surface area (Å²) in [6.45, 7) is 7.18. The van der Waals surface area contributed by atoms with Gasteiger partial charge >= 0.3 is 0 Å². The Labute approximate surface area is 121 Å². The summed E-state index contributed by atoms with van der Waals surface area (Å²) >= 11 is 0. The zero-order valence-electron chi connectivity index (χ0n) is 12.5. The molecule has 108 valence electrons. The molecule has 2 aromatic rings. The van der Waals surface area contributed by atoms with Gasteiger partial charge in [-0.2, -0.15) is 0 Å². The third kappa shape index (κ3) is 5.74. The minimum Gasteiger partial charge on any atom is -0.490 e. The minimum atomic E-state index is 0.516. The molecular formula is C17H23NO2. The molecule has 0 saturated heterocycles. The lowest BCUT2D eigenvalue weighted by Gasteiger charge is -2.08. The first-order valence-corrected chi connectivity index (χ1v) is 7.13. The molecule has 0 spiro atoms. The third-order valence-electron chi connectivity index (χ3n) is 2.56. The Hall–Kier alpha value is -2.03. The second-order valence-electron chi connectivity index (χ2n) is 3.89. The summed E-state index contributed by atoms with van der Waals surface area (Å²) in [5, 5.41) is 0. The van der Waals surface area contributed by atoms with Gasteiger partial charge in [0.1, 0.15) is 24.7 Å². The van der Waals surface area contributed by atoms with Crippen molar-refractivity contribution in [3.8, 4) is 11.5 Å². The summed E-state index contributed by atoms with van der Waals surface area (Å²) in [5.74, 6) is 1.66. The van der Waals surface area contributed by atoms with Crippen LogP contribution >= 0.6 is 0 Å². The van der Waals surface area contributed by atoms with Crippen molar-refractivity contribution in [1.29, 1.82) is 0 Å². The summed E-state index contributed by atoms with van der Waals surface area (Å²) < 4.78 is 11.1. The van der Waals surface area contributed by atoms with Crippen LogP contribution < -0.4 is 9.47 Å². The predicted octanol–water partition coefficient (Wildman–Crippen LogP) is 4.13. The zero-order chi connectivity index (χ0) is 14.6. The van der Waals surface area contributed by atoms with E-state index in [4.69, 9.17) is 9.47 Å². The molecule has 0 fully saturated rings. The van der Waals surface area contributed by atoms with Gasteiger partial charge in [0.2, 0.25) is 0 Å². The molecule has 0 aliphatic carbocycles. The number of benzene rings is 1. The molecule has 0 amide bonds. The molecular weight excluding hydrogens is 250 g/mol. The number of aromatic nitrogens is 1. The van der Waals surface area contributed by atoms with Crippen LogP contribution in [0.4, 0.5) is 0 Å². The Morgan fingerprint density at radius 1 is 0.950 bits per heavy atom. The molecule has 3 heteroatoms. The van der Waals surface area contributed by atoms with Gasteiger partial charge in [0.15, 0.2) is 0 Å². The standard InChI is InChI=1S/C15H17NO2.C2H6/c1-2-13-5-3-6-14(11-13)17-9-10-18-15-7-4-8-16-12-15;1-2/h3-8,11-12H,2,9-10H2,1H3;1-2H3. The lowest BCUT2D eigenvalue weighted by Crippen LogP contribution is -2.09. The van der Waals surface area contributed by atoms with Gasteiger partial charge in [0.25, 0.3) is 0 Å². The van der Waals surface area contributed by atoms with Crippen molar-refractivity contribution < 1.29 is 9.47 Å². The largest absolute Gasteiger partial charge is 0.490 e. The summed E-state index contributed by atoms with van der Waals surface area (Å²) in [6, 6.07) is 11.9. The average Bonchev–Trinajstić information content (AvgIpc) is 2.55. The van der Waals surface area contributed by atoms with Gasteiger partial charge in [0, 0.05) is 6.20 Å². The van der Waals surface area contributed by atoms with Gasteiger partial charge in [-0.3, -0.25) is 4.98 Å². The lowest BCUT2D eigenvalue weighted by molar-refractivity contribution is 0.216. The van der Waals surface area contributed by atoms with E-state index in [9.17, 15) is 0 Å². The Morgan fingerprint density at radius 2 is 1.65 bits per heavy atom. The van der Waals surface area contributed by atoms with Crippen molar-refractivity contribution in [3.05, 3.63) is 54.4 Å². The molecule has 3 nitrogen and oxygen atoms in total. The highest BCUT2D eigenvalue weighted by Crippen LogP contribution is 2.13. The van der Waals surface area contributed by atoms with Crippen molar-refractivity contribution in [2.75, 3.05) is 13.2 Å². The van der Waals surface area contributed by atoms with Crippen LogP contribution in [0.15, 0.2) is 48.8 Å². The molecule has 0 saturated carbocycles. The first kappa shape index (κ1) is 16.0. The van der Waals surface area contributed by atoms with E-state index in [1.54, 1.807) is 12.4 Å². The van der Waals surface area contributed by atoms with Gasteiger partial charge < -0.3 is 9.47 Å². The Bertz CT molecular complexity index is 471. The van der Waals surface area contributed by atoms with Crippen molar-refractivity contribution in [2.24, 2.45) is 0 Å². The summed E-state index contributed by atoms with van der Waals surface area (Å²) in [5.41, 5.74) is 1.28. The molecule has 0 atom stereocenters. The van der Waals surface area contributed by atoms with Gasteiger partial charge in [-0.25, -0.2) is 0 Å². The number of pyridine rings is 1. The van der Waals surface area contributed by atoms with Crippen LogP contribution in [0, 0.1) is 0 Å². The SMILES string of the molecule is CC.CCc1cccc(OCCOc2cccnc2)c1. The maximum Gasteiger partial charge on any atom is 0.137 e. The smallest absolute Gasteiger partial charge is 0.137 e. The van der Waals surface area contributed by atoms with Crippen LogP contribution in [0.3, 0.4) is 0 Å². The molecule has 0 unspecified atom stereocenters. The summed E-state index contributed by atoms with van der Waals surface area (Å²) in [4.78, 5) is 3.98. The Morgan fingerprint density at radius 3 is 2.30 bits per heavy atom. The fourth-order valence-electron chi connectivity index (χ4n) is 1.61. The lowest BCUT2D eigenvalue weighted by atomic mass is 10.2. The van der Waals surface area contributed by atoms with E-state index < -0.39 is 0 Å². The molecule has 1 aromatic heterocycles. The Balaban J connectivity index is 0.000000956. The van der Waals surface area contributed by atoms with Crippen LogP contribution in [0.1, 0.15) is 26.3 Å². The van der Waals surface area contributed by atoms with Crippen LogP contribution in [0.2, 0.25) is 0 Å². The normalized spacial score (nSPS) is 9.35. The van der Waals surface area contributed by atoms with Gasteiger partial charge in [-0.1, -0.05) is 32.9 Å². The van der Waals surface area contributed by atoms with Crippen molar-refractivity contribution in [1.82, 2.24) is 4.98 Å². The number of rotatable bonds is 6. The predicted molar refractivity (Wildman–Crippen MR) is 82.4 cm³/mol. The topological polar surface area (TPSA) is 31.4 Å². The molecule has 20 heavy (non-hydrogen) atoms. The second-order valence-corrected chi connectivity index (χ2v) is 3.89. The number of hydrogen-bond donors (Lipinski definition) is 0. The van der Waals surface area contributed by atoms with E-state index in [0.29, 0.717) is 13.2 Å². The van der Waals surface area contributed by atoms with Crippen LogP contribution in [-0.4, -0.2) is 18.2 Å². The van der Waals surface area contributed by atoms with Gasteiger partial charge in [0.05, 0.1) is 6.20 Å². The zero-order valence-corrected chi connectivity index (χ0v) is 12.5. The molecule has 0 aliphatic heterocycles. The highest BCUT2D eigenvalue weighted by Gasteiger charge is 1.96. The summed E-state index contributed by atoms with van der Waals surface area (Å²) in [7, 11) is 0. The summed E-state index contributed by atoms with van der Waals surface area (Å²) in [6.07, 6.45) is 4.43. The van der Waals surface area contributed by atoms with Gasteiger partial charge in [-0.15, -0.1) is 0 Å². The fourth-order valence-corrected chi connectivity index (χ4v) is 1.61. The van der Waals surface area contributed by atoms with Crippen LogP contribution in [0.5, 0.6) is 11.5 Å². The van der Waals surface area contributed by atoms with E-state index in [-0.39, 0.29) is 0 Å². The monoisotopic (exact) mass is 273 g/mol. The maximum absolute atomic E-state index is 5.62. The fraction of sp³-hybridized carbons (Fsp3) is 0.353. The van der Waals surface area contributed by atoms with Crippen LogP contribution in [0.25, 0.3) is 0 Å². The van der Waals surface area contributed by atoms with Crippen molar-refractivity contribution in [2.45, 2.75) is 27.2 Å². The number of hydrogen-bond acceptors (Lipinski definition) is 3. The van der Waals surface area contributed by atoms with E-state index in [0.717, 1.165) is 17.9 Å². The molecule has 0 aliphatic rings. The van der Waals surface area contributed by atoms with Gasteiger partial charge in [-0.05, 0) is 36.2 Å². The van der Waals surface area contributed by atoms with E-state index >= 15 is 0 Å². The third-order valence-corrected chi connectivity index (χ3v) is 2.56. The molecule has 0 radical (unpaired) electrons. The first-order valence-electron chi connectivity index (χ1n) is 7.13. The van der Waals surface area contributed by atoms with E-state index in [2.05, 4.69) is 24.0 Å². The number of nitrogens with zero attached hydrogens (tertiary/aromatic N) is 1. The quantitative estimate of drug-likeness (QED) is 0.742. The highest BCUT2D eigenvalue weighted by molar-refractivity contribution is 5.28. The number of aryl methyl sites for hydroxylation is 1. The highest BCUT2D eigenvalue weighted by atomic mass is 16.5. The molecule has 0 N–H and O–H groups in total. The van der Waals surface area contributed by atoms with Crippen LogP contribution in [-0.2, 0) is 6.42 Å². The van der Waals surface area contributed by atoms with E-state index in [1.165, 1.54) is 5.56 Å². The first-order chi connectivity index (χ1) is 9.88. The molecule has 2 rings (SSSR count). The average molecular weight is 273 g/mol. The van der Waals surface area contributed by atoms with Crippen molar-refractivity contribution in [3.63, 3.8) is 0 Å². The molecule has 1 heterocycles. The molecule has 0 bridgehead atoms. The maximum atomic E-state index is 5.62. The second kappa shape index (κ2) is 9.84. The Kier molecular flexibility index (Phi) is 7.89. The minimum absolute atomic E-state index is 0.516. The van der Waals surface area contributed by atoms with E-state index in [1.807, 2.05) is 38.1 Å². The molecule has 1 aromatic carbocycles. The van der Waals surface area contributed by atoms with Crippen molar-refractivity contribution >= 4 is 0 Å².